The number of hydrogen-bond acceptors (Lipinski definition) is 2. The molecule has 72 valence electrons. The first-order chi connectivity index (χ1) is 6.66. The van der Waals surface area contributed by atoms with Gasteiger partial charge in [0.15, 0.2) is 0 Å². The van der Waals surface area contributed by atoms with Crippen molar-refractivity contribution >= 4 is 32.9 Å². The molecule has 0 bridgehead atoms. The maximum atomic E-state index is 10.5. The van der Waals surface area contributed by atoms with Crippen LogP contribution < -0.4 is 0 Å². The number of carbonyl (C=O) groups is 1. The molecule has 2 rings (SSSR count). The van der Waals surface area contributed by atoms with Crippen LogP contribution in [0.3, 0.4) is 0 Å². The lowest BCUT2D eigenvalue weighted by atomic mass is 10.1. The van der Waals surface area contributed by atoms with E-state index in [9.17, 15) is 4.79 Å². The smallest absolute Gasteiger partial charge is 0.307 e. The van der Waals surface area contributed by atoms with Gasteiger partial charge in [-0.2, -0.15) is 0 Å². The van der Waals surface area contributed by atoms with Gasteiger partial charge in [-0.3, -0.25) is 4.79 Å². The van der Waals surface area contributed by atoms with Gasteiger partial charge in [0.05, 0.1) is 18.3 Å². The third kappa shape index (κ3) is 1.63. The van der Waals surface area contributed by atoms with Crippen LogP contribution >= 0.6 is 15.9 Å². The van der Waals surface area contributed by atoms with Crippen molar-refractivity contribution in [2.24, 2.45) is 0 Å². The first kappa shape index (κ1) is 9.21. The van der Waals surface area contributed by atoms with Crippen molar-refractivity contribution in [2.45, 2.75) is 6.42 Å². The van der Waals surface area contributed by atoms with Crippen LogP contribution in [-0.2, 0) is 11.2 Å². The zero-order valence-corrected chi connectivity index (χ0v) is 8.71. The van der Waals surface area contributed by atoms with Gasteiger partial charge < -0.3 is 10.1 Å². The Bertz CT molecular complexity index is 493. The summed E-state index contributed by atoms with van der Waals surface area (Å²) >= 11 is 3.34. The van der Waals surface area contributed by atoms with Gasteiger partial charge in [0, 0.05) is 4.47 Å². The number of halogens is 1. The Morgan fingerprint density at radius 1 is 1.57 bits per heavy atom. The second-order valence-corrected chi connectivity index (χ2v) is 3.80. The zero-order valence-electron chi connectivity index (χ0n) is 7.12. The third-order valence-electron chi connectivity index (χ3n) is 1.89. The third-order valence-corrected chi connectivity index (χ3v) is 2.50. The molecule has 0 fully saturated rings. The highest BCUT2D eigenvalue weighted by molar-refractivity contribution is 9.10. The van der Waals surface area contributed by atoms with Crippen LogP contribution in [0.1, 0.15) is 5.56 Å². The van der Waals surface area contributed by atoms with Crippen molar-refractivity contribution in [3.63, 3.8) is 0 Å². The van der Waals surface area contributed by atoms with Crippen LogP contribution in [0.5, 0.6) is 0 Å². The second kappa shape index (κ2) is 3.42. The number of aromatic amines is 1. The predicted octanol–water partition coefficient (Wildman–Crippen LogP) is 1.95. The van der Waals surface area contributed by atoms with Gasteiger partial charge in [-0.1, -0.05) is 0 Å². The zero-order chi connectivity index (χ0) is 10.1. The minimum absolute atomic E-state index is 0.0214. The highest BCUT2D eigenvalue weighted by Gasteiger charge is 2.06. The van der Waals surface area contributed by atoms with Gasteiger partial charge in [0.1, 0.15) is 5.52 Å². The molecule has 1 heterocycles. The van der Waals surface area contributed by atoms with Gasteiger partial charge >= 0.3 is 5.97 Å². The van der Waals surface area contributed by atoms with E-state index in [-0.39, 0.29) is 6.42 Å². The number of nitrogens with zero attached hydrogens (tertiary/aromatic N) is 1. The average Bonchev–Trinajstić information content (AvgIpc) is 2.50. The summed E-state index contributed by atoms with van der Waals surface area (Å²) in [7, 11) is 0. The number of carboxylic acid groups (broad SMARTS) is 1. The molecule has 0 spiro atoms. The van der Waals surface area contributed by atoms with Crippen molar-refractivity contribution in [2.75, 3.05) is 0 Å². The number of fused-ring (bicyclic) bond motifs is 1. The van der Waals surface area contributed by atoms with E-state index in [0.29, 0.717) is 0 Å². The summed E-state index contributed by atoms with van der Waals surface area (Å²) in [5.74, 6) is -0.837. The lowest BCUT2D eigenvalue weighted by Gasteiger charge is -1.99. The molecule has 1 aromatic heterocycles. The number of H-pyrrole nitrogens is 1. The summed E-state index contributed by atoms with van der Waals surface area (Å²) in [6, 6.07) is 3.57. The normalized spacial score (nSPS) is 10.6. The van der Waals surface area contributed by atoms with Crippen molar-refractivity contribution in [3.05, 3.63) is 28.5 Å². The van der Waals surface area contributed by atoms with E-state index >= 15 is 0 Å². The molecule has 0 aliphatic carbocycles. The molecule has 0 amide bonds. The van der Waals surface area contributed by atoms with E-state index in [1.807, 2.05) is 0 Å². The number of nitrogens with one attached hydrogen (secondary N) is 1. The second-order valence-electron chi connectivity index (χ2n) is 2.95. The highest BCUT2D eigenvalue weighted by Crippen LogP contribution is 2.23. The summed E-state index contributed by atoms with van der Waals surface area (Å²) in [4.78, 5) is 17.5. The molecule has 0 unspecified atom stereocenters. The number of aliphatic carboxylic acids is 1. The van der Waals surface area contributed by atoms with Crippen molar-refractivity contribution in [3.8, 4) is 0 Å². The molecule has 0 radical (unpaired) electrons. The maximum Gasteiger partial charge on any atom is 0.307 e. The first-order valence-corrected chi connectivity index (χ1v) is 4.79. The molecule has 5 heteroatoms. The molecule has 1 aromatic carbocycles. The number of benzene rings is 1. The minimum Gasteiger partial charge on any atom is -0.481 e. The number of carboxylic acids is 1. The Balaban J connectivity index is 2.53. The van der Waals surface area contributed by atoms with Crippen molar-refractivity contribution in [1.82, 2.24) is 9.97 Å². The summed E-state index contributed by atoms with van der Waals surface area (Å²) in [6.45, 7) is 0. The van der Waals surface area contributed by atoms with E-state index in [4.69, 9.17) is 5.11 Å². The van der Waals surface area contributed by atoms with Gasteiger partial charge in [-0.05, 0) is 33.6 Å². The van der Waals surface area contributed by atoms with E-state index in [1.54, 1.807) is 18.5 Å². The van der Waals surface area contributed by atoms with Crippen LogP contribution in [0.2, 0.25) is 0 Å². The predicted molar refractivity (Wildman–Crippen MR) is 55.1 cm³/mol. The number of imidazole rings is 1. The lowest BCUT2D eigenvalue weighted by molar-refractivity contribution is -0.136. The first-order valence-electron chi connectivity index (χ1n) is 4.00. The molecular weight excluding hydrogens is 248 g/mol. The average molecular weight is 255 g/mol. The summed E-state index contributed by atoms with van der Waals surface area (Å²) < 4.78 is 0.813. The SMILES string of the molecule is O=C(O)Cc1cc(Br)c2nc[nH]c2c1. The topological polar surface area (TPSA) is 66.0 Å². The van der Waals surface area contributed by atoms with Gasteiger partial charge in [0.2, 0.25) is 0 Å². The summed E-state index contributed by atoms with van der Waals surface area (Å²) in [6.07, 6.45) is 1.60. The highest BCUT2D eigenvalue weighted by atomic mass is 79.9. The Labute approximate surface area is 88.1 Å². The molecule has 0 saturated carbocycles. The molecule has 4 nitrogen and oxygen atoms in total. The maximum absolute atomic E-state index is 10.5. The quantitative estimate of drug-likeness (QED) is 0.861. The monoisotopic (exact) mass is 254 g/mol. The standard InChI is InChI=1S/C9H7BrN2O2/c10-6-1-5(3-8(13)14)2-7-9(6)12-4-11-7/h1-2,4H,3H2,(H,11,12)(H,13,14). The lowest BCUT2D eigenvalue weighted by Crippen LogP contribution is -1.99. The fourth-order valence-electron chi connectivity index (χ4n) is 1.34. The van der Waals surface area contributed by atoms with Crippen LogP contribution in [0.15, 0.2) is 22.9 Å². The van der Waals surface area contributed by atoms with Crippen LogP contribution in [0.25, 0.3) is 11.0 Å². The Morgan fingerprint density at radius 3 is 3.07 bits per heavy atom. The summed E-state index contributed by atoms with van der Waals surface area (Å²) in [5, 5.41) is 8.64. The van der Waals surface area contributed by atoms with Crippen molar-refractivity contribution in [1.29, 1.82) is 0 Å². The minimum atomic E-state index is -0.837. The van der Waals surface area contributed by atoms with E-state index in [0.717, 1.165) is 21.1 Å². The Hall–Kier alpha value is -1.36. The van der Waals surface area contributed by atoms with Crippen LogP contribution in [-0.4, -0.2) is 21.0 Å². The number of hydrogen-bond donors (Lipinski definition) is 2. The molecule has 0 aliphatic heterocycles. The Morgan fingerprint density at radius 2 is 2.36 bits per heavy atom. The molecular formula is C9H7BrN2O2. The molecule has 2 N–H and O–H groups in total. The van der Waals surface area contributed by atoms with Crippen LogP contribution in [0.4, 0.5) is 0 Å². The summed E-state index contributed by atoms with van der Waals surface area (Å²) in [5.41, 5.74) is 2.41. The molecule has 2 aromatic rings. The Kier molecular flexibility index (Phi) is 2.25. The fourth-order valence-corrected chi connectivity index (χ4v) is 1.95. The van der Waals surface area contributed by atoms with Crippen molar-refractivity contribution < 1.29 is 9.90 Å². The number of rotatable bonds is 2. The van der Waals surface area contributed by atoms with Gasteiger partial charge in [-0.15, -0.1) is 0 Å². The van der Waals surface area contributed by atoms with E-state index < -0.39 is 5.97 Å². The fraction of sp³-hybridized carbons (Fsp3) is 0.111. The molecule has 0 saturated heterocycles. The largest absolute Gasteiger partial charge is 0.481 e. The number of aromatic nitrogens is 2. The molecule has 0 aliphatic rings. The van der Waals surface area contributed by atoms with Crippen LogP contribution in [0, 0.1) is 0 Å². The van der Waals surface area contributed by atoms with Gasteiger partial charge in [0.25, 0.3) is 0 Å². The van der Waals surface area contributed by atoms with E-state index in [1.165, 1.54) is 0 Å². The molecule has 0 atom stereocenters. The van der Waals surface area contributed by atoms with Gasteiger partial charge in [-0.25, -0.2) is 4.98 Å². The van der Waals surface area contributed by atoms with E-state index in [2.05, 4.69) is 25.9 Å². The molecule has 14 heavy (non-hydrogen) atoms.